The summed E-state index contributed by atoms with van der Waals surface area (Å²) < 4.78 is 129. The van der Waals surface area contributed by atoms with Gasteiger partial charge in [0, 0.05) is 30.4 Å². The molecule has 1 aromatic carbocycles. The number of ether oxygens (including phenoxy) is 1. The summed E-state index contributed by atoms with van der Waals surface area (Å²) in [5.74, 6) is -6.09. The number of nitrogens with one attached hydrogen (secondary N) is 2. The molecule has 0 radical (unpaired) electrons. The van der Waals surface area contributed by atoms with E-state index in [1.807, 2.05) is 5.32 Å². The first-order valence-electron chi connectivity index (χ1n) is 11.4. The summed E-state index contributed by atoms with van der Waals surface area (Å²) in [4.78, 5) is 32.1. The Morgan fingerprint density at radius 1 is 1.10 bits per heavy atom. The largest absolute Gasteiger partial charge is 0.490 e. The second-order valence-corrected chi connectivity index (χ2v) is 9.56. The van der Waals surface area contributed by atoms with Gasteiger partial charge in [0.15, 0.2) is 17.2 Å². The van der Waals surface area contributed by atoms with Crippen LogP contribution in [0.15, 0.2) is 30.6 Å². The molecule has 3 heterocycles. The number of aryl methyl sites for hydroxylation is 1. The molecule has 3 aromatic rings. The van der Waals surface area contributed by atoms with Gasteiger partial charge in [0.05, 0.1) is 17.4 Å². The van der Waals surface area contributed by atoms with Crippen molar-refractivity contribution in [2.24, 2.45) is 0 Å². The Balaban J connectivity index is 1.97. The van der Waals surface area contributed by atoms with Crippen LogP contribution in [0.25, 0.3) is 16.9 Å². The quantitative estimate of drug-likeness (QED) is 0.303. The number of nitrogens with zero attached hydrogens (tertiary/aromatic N) is 3. The molecule has 4 rings (SSSR count). The van der Waals surface area contributed by atoms with Gasteiger partial charge in [0.1, 0.15) is 0 Å². The number of nitrogens with two attached hydrogens (primary N) is 1. The van der Waals surface area contributed by atoms with Crippen LogP contribution >= 0.6 is 0 Å². The van der Waals surface area contributed by atoms with Crippen LogP contribution < -0.4 is 16.4 Å². The Morgan fingerprint density at radius 2 is 1.73 bits per heavy atom. The van der Waals surface area contributed by atoms with Gasteiger partial charge in [-0.3, -0.25) is 9.20 Å². The Kier molecular flexibility index (Phi) is 6.92. The van der Waals surface area contributed by atoms with Gasteiger partial charge in [-0.15, -0.1) is 0 Å². The number of carbonyl (C=O) groups is 2. The number of imidazole rings is 1. The van der Waals surface area contributed by atoms with Crippen LogP contribution in [0, 0.1) is 6.92 Å². The monoisotopic (exact) mass is 598 g/mol. The number of nitrogen functional groups attached to an aromatic ring is 1. The molecular formula is C23H19F9N6O3. The molecule has 1 aliphatic rings. The van der Waals surface area contributed by atoms with Crippen LogP contribution in [0.3, 0.4) is 0 Å². The zero-order valence-electron chi connectivity index (χ0n) is 20.8. The summed E-state index contributed by atoms with van der Waals surface area (Å²) in [6.07, 6.45) is -15.4. The third kappa shape index (κ3) is 5.22. The van der Waals surface area contributed by atoms with Crippen molar-refractivity contribution < 1.29 is 53.8 Å². The van der Waals surface area contributed by atoms with E-state index in [1.54, 1.807) is 0 Å². The second-order valence-electron chi connectivity index (χ2n) is 9.56. The van der Waals surface area contributed by atoms with Crippen LogP contribution in [-0.4, -0.2) is 57.2 Å². The predicted molar refractivity (Wildman–Crippen MR) is 122 cm³/mol. The molecule has 1 aliphatic heterocycles. The molecule has 1 amide bonds. The smallest absolute Gasteiger partial charge is 0.427 e. The Bertz CT molecular complexity index is 1530. The minimum absolute atomic E-state index is 0.0438. The molecule has 4 N–H and O–H groups in total. The topological polar surface area (TPSA) is 124 Å². The minimum Gasteiger partial charge on any atom is -0.427 e. The maximum absolute atomic E-state index is 14.7. The van der Waals surface area contributed by atoms with Gasteiger partial charge in [-0.1, -0.05) is 12.1 Å². The number of anilines is 1. The van der Waals surface area contributed by atoms with E-state index in [4.69, 9.17) is 5.73 Å². The average Bonchev–Trinajstić information content (AvgIpc) is 3.24. The van der Waals surface area contributed by atoms with E-state index >= 15 is 0 Å². The molecule has 1 fully saturated rings. The summed E-state index contributed by atoms with van der Waals surface area (Å²) in [6.45, 7) is 2.55. The number of hydrogen-bond donors (Lipinski definition) is 3. The molecule has 222 valence electrons. The van der Waals surface area contributed by atoms with Crippen LogP contribution in [0.5, 0.6) is 0 Å². The van der Waals surface area contributed by atoms with E-state index in [2.05, 4.69) is 20.0 Å². The summed E-state index contributed by atoms with van der Waals surface area (Å²) in [6, 6.07) is 2.17. The van der Waals surface area contributed by atoms with Crippen molar-refractivity contribution in [3.63, 3.8) is 0 Å². The molecule has 9 nitrogen and oxygen atoms in total. The van der Waals surface area contributed by atoms with E-state index < -0.39 is 58.6 Å². The Morgan fingerprint density at radius 3 is 2.24 bits per heavy atom. The molecule has 0 bridgehead atoms. The van der Waals surface area contributed by atoms with E-state index in [0.717, 1.165) is 16.7 Å². The van der Waals surface area contributed by atoms with Crippen LogP contribution in [0.1, 0.15) is 23.7 Å². The summed E-state index contributed by atoms with van der Waals surface area (Å²) >= 11 is 0. The van der Waals surface area contributed by atoms with Crippen molar-refractivity contribution in [1.82, 2.24) is 25.0 Å². The third-order valence-electron chi connectivity index (χ3n) is 6.37. The zero-order chi connectivity index (χ0) is 30.8. The first-order valence-corrected chi connectivity index (χ1v) is 11.4. The first-order chi connectivity index (χ1) is 18.7. The molecule has 41 heavy (non-hydrogen) atoms. The van der Waals surface area contributed by atoms with Crippen molar-refractivity contribution in [2.75, 3.05) is 18.8 Å². The lowest BCUT2D eigenvalue weighted by atomic mass is 9.86. The Hall–Kier alpha value is -4.09. The van der Waals surface area contributed by atoms with Crippen LogP contribution in [0.4, 0.5) is 45.3 Å². The average molecular weight is 598 g/mol. The molecule has 18 heteroatoms. The van der Waals surface area contributed by atoms with Crippen LogP contribution in [-0.2, 0) is 26.1 Å². The van der Waals surface area contributed by atoms with Gasteiger partial charge in [-0.25, -0.2) is 14.8 Å². The number of fused-ring (bicyclic) bond motifs is 1. The molecular weight excluding hydrogens is 579 g/mol. The summed E-state index contributed by atoms with van der Waals surface area (Å²) in [5.41, 5.74) is -3.78. The highest BCUT2D eigenvalue weighted by molar-refractivity contribution is 5.92. The fraction of sp³-hybridized carbons (Fsp3) is 0.391. The number of hydrogen-bond acceptors (Lipinski definition) is 7. The molecule has 0 saturated carbocycles. The highest BCUT2D eigenvalue weighted by Gasteiger charge is 2.68. The van der Waals surface area contributed by atoms with Gasteiger partial charge >= 0.3 is 30.1 Å². The van der Waals surface area contributed by atoms with Crippen molar-refractivity contribution >= 4 is 23.3 Å². The maximum Gasteiger partial charge on any atom is 0.490 e. The van der Waals surface area contributed by atoms with Gasteiger partial charge in [0.25, 0.3) is 5.91 Å². The van der Waals surface area contributed by atoms with Gasteiger partial charge in [0.2, 0.25) is 0 Å². The third-order valence-corrected chi connectivity index (χ3v) is 6.37. The van der Waals surface area contributed by atoms with Crippen molar-refractivity contribution in [3.05, 3.63) is 47.4 Å². The highest BCUT2D eigenvalue weighted by atomic mass is 19.4. The standard InChI is InChI=1S/C23H19F9N6O3/c1-10-3-4-11(5-12(10)13-6-35-16-15(33)36-14(7-38(13)16)21(24,25)26)20(23(30,31)32,41-18(40)22(27,28)29)17(39)37-19(2)8-34-9-19/h3-7,34H,8-9H2,1-2H3,(H2,33,36)(H,37,39). The summed E-state index contributed by atoms with van der Waals surface area (Å²) in [5, 5.41) is 4.68. The van der Waals surface area contributed by atoms with E-state index in [1.165, 1.54) is 13.8 Å². The van der Waals surface area contributed by atoms with Crippen LogP contribution in [0.2, 0.25) is 0 Å². The first kappa shape index (κ1) is 29.9. The lowest BCUT2D eigenvalue weighted by molar-refractivity contribution is -0.281. The van der Waals surface area contributed by atoms with E-state index in [9.17, 15) is 49.1 Å². The molecule has 0 spiro atoms. The number of aromatic nitrogens is 3. The van der Waals surface area contributed by atoms with E-state index in [-0.39, 0.29) is 35.6 Å². The number of benzene rings is 1. The van der Waals surface area contributed by atoms with Crippen molar-refractivity contribution in [2.45, 2.75) is 43.5 Å². The van der Waals surface area contributed by atoms with Crippen molar-refractivity contribution in [3.8, 4) is 11.3 Å². The lowest BCUT2D eigenvalue weighted by Crippen LogP contribution is -2.71. The number of alkyl halides is 9. The van der Waals surface area contributed by atoms with Crippen molar-refractivity contribution in [1.29, 1.82) is 0 Å². The van der Waals surface area contributed by atoms with Gasteiger partial charge < -0.3 is 21.1 Å². The fourth-order valence-corrected chi connectivity index (χ4v) is 4.20. The zero-order valence-corrected chi connectivity index (χ0v) is 20.8. The SMILES string of the molecule is Cc1ccc(C(OC(=O)C(F)(F)F)(C(=O)NC2(C)CNC2)C(F)(F)F)cc1-c1cnc2c(N)nc(C(F)(F)F)cn12. The van der Waals surface area contributed by atoms with E-state index in [0.29, 0.717) is 18.3 Å². The fourth-order valence-electron chi connectivity index (χ4n) is 4.20. The normalized spacial score (nSPS) is 17.0. The minimum atomic E-state index is -5.95. The molecule has 1 unspecified atom stereocenters. The number of esters is 1. The molecule has 1 atom stereocenters. The number of amides is 1. The highest BCUT2D eigenvalue weighted by Crippen LogP contribution is 2.46. The predicted octanol–water partition coefficient (Wildman–Crippen LogP) is 3.65. The summed E-state index contributed by atoms with van der Waals surface area (Å²) in [7, 11) is 0. The maximum atomic E-state index is 14.7. The molecule has 0 aliphatic carbocycles. The van der Waals surface area contributed by atoms with Gasteiger partial charge in [-0.2, -0.15) is 39.5 Å². The molecule has 2 aromatic heterocycles. The number of rotatable bonds is 5. The van der Waals surface area contributed by atoms with Gasteiger partial charge in [-0.05, 0) is 25.5 Å². The second kappa shape index (κ2) is 9.49. The number of carbonyl (C=O) groups excluding carboxylic acids is 2. The lowest BCUT2D eigenvalue weighted by Gasteiger charge is -2.43. The Labute approximate surface area is 223 Å². The number of halogens is 9. The molecule has 1 saturated heterocycles.